The summed E-state index contributed by atoms with van der Waals surface area (Å²) in [5, 5.41) is 0. The minimum absolute atomic E-state index is 0.834. The maximum absolute atomic E-state index is 5.52. The van der Waals surface area contributed by atoms with Crippen molar-refractivity contribution in [2.45, 2.75) is 122 Å². The normalized spacial score (nSPS) is 12.6. The first-order valence-corrected chi connectivity index (χ1v) is 15.6. The fourth-order valence-electron chi connectivity index (χ4n) is 4.38. The molecular weight excluding hydrogens is 416 g/mol. The largest absolute Gasteiger partial charge is 0.500 e. The molecule has 0 atom stereocenters. The Morgan fingerprint density at radius 1 is 0.562 bits per heavy atom. The van der Waals surface area contributed by atoms with E-state index in [0.29, 0.717) is 0 Å². The molecule has 0 spiro atoms. The zero-order valence-electron chi connectivity index (χ0n) is 22.8. The second kappa shape index (κ2) is 21.5. The molecule has 1 N–H and O–H groups in total. The van der Waals surface area contributed by atoms with Gasteiger partial charge in [-0.1, -0.05) is 103 Å². The summed E-state index contributed by atoms with van der Waals surface area (Å²) in [7, 11) is 7.11. The topological polar surface area (TPSA) is 39.7 Å². The van der Waals surface area contributed by atoms with E-state index in [1.165, 1.54) is 103 Å². The Morgan fingerprint density at radius 2 is 0.938 bits per heavy atom. The van der Waals surface area contributed by atoms with Crippen molar-refractivity contribution < 1.29 is 17.9 Å². The van der Waals surface area contributed by atoms with Crippen molar-refractivity contribution in [2.24, 2.45) is 0 Å². The Balaban J connectivity index is 3.45. The number of hydrogen-bond donors (Lipinski definition) is 1. The van der Waals surface area contributed by atoms with Crippen LogP contribution >= 0.6 is 0 Å². The molecule has 0 saturated heterocycles. The van der Waals surface area contributed by atoms with E-state index in [-0.39, 0.29) is 0 Å². The van der Waals surface area contributed by atoms with Gasteiger partial charge in [-0.05, 0) is 6.42 Å². The number of nitrogens with zero attached hydrogens (tertiary/aromatic N) is 1. The molecule has 0 unspecified atom stereocenters. The van der Waals surface area contributed by atoms with Crippen LogP contribution in [0.3, 0.4) is 0 Å². The van der Waals surface area contributed by atoms with Gasteiger partial charge in [-0.2, -0.15) is 5.43 Å². The van der Waals surface area contributed by atoms with E-state index in [1.807, 2.05) is 0 Å². The lowest BCUT2D eigenvalue weighted by molar-refractivity contribution is -0.934. The van der Waals surface area contributed by atoms with Gasteiger partial charge in [-0.3, -0.25) is 4.59 Å². The SMILES string of the molecule is CCCCCCCCCCCCCCCCCCN[N+](C)(C)CCC[Si](OC)(OC)OC. The van der Waals surface area contributed by atoms with Crippen LogP contribution in [-0.2, 0) is 13.3 Å². The Labute approximate surface area is 202 Å². The number of nitrogens with one attached hydrogen (secondary N) is 1. The van der Waals surface area contributed by atoms with Gasteiger partial charge < -0.3 is 13.3 Å². The fraction of sp³-hybridized carbons (Fsp3) is 1.00. The average Bonchev–Trinajstić information content (AvgIpc) is 2.79. The highest BCUT2D eigenvalue weighted by Gasteiger charge is 2.37. The van der Waals surface area contributed by atoms with Gasteiger partial charge in [0.2, 0.25) is 0 Å². The van der Waals surface area contributed by atoms with E-state index in [2.05, 4.69) is 26.4 Å². The smallest absolute Gasteiger partial charge is 0.377 e. The zero-order chi connectivity index (χ0) is 24.0. The summed E-state index contributed by atoms with van der Waals surface area (Å²) in [4.78, 5) is 0. The van der Waals surface area contributed by atoms with E-state index in [9.17, 15) is 0 Å². The van der Waals surface area contributed by atoms with Gasteiger partial charge in [0.25, 0.3) is 0 Å². The Kier molecular flexibility index (Phi) is 21.6. The van der Waals surface area contributed by atoms with Gasteiger partial charge in [0, 0.05) is 40.3 Å². The van der Waals surface area contributed by atoms with Crippen LogP contribution in [0.1, 0.15) is 116 Å². The molecule has 0 aromatic rings. The van der Waals surface area contributed by atoms with Crippen LogP contribution in [0.2, 0.25) is 6.04 Å². The summed E-state index contributed by atoms with van der Waals surface area (Å²) in [5.74, 6) is 0. The van der Waals surface area contributed by atoms with Crippen LogP contribution in [0.5, 0.6) is 0 Å². The van der Waals surface area contributed by atoms with E-state index in [0.717, 1.165) is 30.1 Å². The molecular formula is C26H59N2O3Si+. The molecule has 0 aliphatic rings. The number of unbranched alkanes of at least 4 members (excludes halogenated alkanes) is 15. The molecule has 0 aromatic carbocycles. The van der Waals surface area contributed by atoms with E-state index >= 15 is 0 Å². The highest BCUT2D eigenvalue weighted by Crippen LogP contribution is 2.16. The Bertz CT molecular complexity index is 385. The molecule has 194 valence electrons. The predicted molar refractivity (Wildman–Crippen MR) is 141 cm³/mol. The first-order chi connectivity index (χ1) is 15.4. The third-order valence-electron chi connectivity index (χ3n) is 6.70. The van der Waals surface area contributed by atoms with Gasteiger partial charge in [0.1, 0.15) is 0 Å². The van der Waals surface area contributed by atoms with Gasteiger partial charge >= 0.3 is 8.80 Å². The highest BCUT2D eigenvalue weighted by molar-refractivity contribution is 6.60. The van der Waals surface area contributed by atoms with Crippen LogP contribution in [-0.4, -0.2) is 61.9 Å². The summed E-state index contributed by atoms with van der Waals surface area (Å²) in [6, 6.07) is 0.860. The summed E-state index contributed by atoms with van der Waals surface area (Å²) in [6.45, 7) is 4.43. The maximum Gasteiger partial charge on any atom is 0.500 e. The van der Waals surface area contributed by atoms with E-state index in [1.54, 1.807) is 21.3 Å². The highest BCUT2D eigenvalue weighted by atomic mass is 28.4. The average molecular weight is 476 g/mol. The predicted octanol–water partition coefficient (Wildman–Crippen LogP) is 7.10. The van der Waals surface area contributed by atoms with E-state index in [4.69, 9.17) is 13.3 Å². The maximum atomic E-state index is 5.52. The van der Waals surface area contributed by atoms with Crippen LogP contribution in [0, 0.1) is 0 Å². The van der Waals surface area contributed by atoms with Crippen LogP contribution < -0.4 is 5.43 Å². The fourth-order valence-corrected chi connectivity index (χ4v) is 6.08. The van der Waals surface area contributed by atoms with Crippen molar-refractivity contribution in [3.8, 4) is 0 Å². The summed E-state index contributed by atoms with van der Waals surface area (Å²) in [6.07, 6.45) is 23.7. The lowest BCUT2D eigenvalue weighted by atomic mass is 10.0. The molecule has 0 saturated carbocycles. The molecule has 0 aromatic heterocycles. The number of hydrogen-bond acceptors (Lipinski definition) is 4. The zero-order valence-corrected chi connectivity index (χ0v) is 23.8. The molecule has 0 aliphatic heterocycles. The Morgan fingerprint density at radius 3 is 1.31 bits per heavy atom. The van der Waals surface area contributed by atoms with Crippen molar-refractivity contribution in [1.82, 2.24) is 5.43 Å². The quantitative estimate of drug-likeness (QED) is 0.0661. The number of quaternary nitrogens is 1. The second-order valence-corrected chi connectivity index (χ2v) is 13.1. The first-order valence-electron chi connectivity index (χ1n) is 13.7. The monoisotopic (exact) mass is 475 g/mol. The molecule has 0 bridgehead atoms. The summed E-state index contributed by atoms with van der Waals surface area (Å²) in [5.41, 5.74) is 3.68. The third kappa shape index (κ3) is 18.4. The molecule has 0 aliphatic carbocycles. The van der Waals surface area contributed by atoms with Gasteiger partial charge in [0.05, 0.1) is 20.6 Å². The van der Waals surface area contributed by atoms with Gasteiger partial charge in [-0.25, -0.2) is 0 Å². The third-order valence-corrected chi connectivity index (χ3v) is 9.54. The summed E-state index contributed by atoms with van der Waals surface area (Å²) < 4.78 is 17.4. The van der Waals surface area contributed by atoms with Gasteiger partial charge in [0.15, 0.2) is 0 Å². The van der Waals surface area contributed by atoms with Crippen molar-refractivity contribution in [3.63, 3.8) is 0 Å². The van der Waals surface area contributed by atoms with Crippen LogP contribution in [0.15, 0.2) is 0 Å². The lowest BCUT2D eigenvalue weighted by Crippen LogP contribution is -2.53. The van der Waals surface area contributed by atoms with Crippen LogP contribution in [0.25, 0.3) is 0 Å². The molecule has 32 heavy (non-hydrogen) atoms. The summed E-state index contributed by atoms with van der Waals surface area (Å²) >= 11 is 0. The molecule has 0 amide bonds. The van der Waals surface area contributed by atoms with Crippen molar-refractivity contribution in [1.29, 1.82) is 0 Å². The molecule has 5 nitrogen and oxygen atoms in total. The minimum Gasteiger partial charge on any atom is -0.377 e. The molecule has 0 radical (unpaired) electrons. The van der Waals surface area contributed by atoms with Gasteiger partial charge in [-0.15, -0.1) is 0 Å². The van der Waals surface area contributed by atoms with Crippen molar-refractivity contribution in [3.05, 3.63) is 0 Å². The van der Waals surface area contributed by atoms with Crippen molar-refractivity contribution in [2.75, 3.05) is 48.5 Å². The van der Waals surface area contributed by atoms with Crippen LogP contribution in [0.4, 0.5) is 0 Å². The lowest BCUT2D eigenvalue weighted by Gasteiger charge is -2.31. The molecule has 6 heteroatoms. The molecule has 0 rings (SSSR count). The standard InChI is InChI=1S/C26H59N2O3Si/c1-7-8-9-10-11-12-13-14-15-16-17-18-19-20-21-22-24-27-28(2,3)25-23-26-32(29-4,30-5)31-6/h27H,7-26H2,1-6H3/q+1. The first kappa shape index (κ1) is 32.0. The molecule has 0 fully saturated rings. The van der Waals surface area contributed by atoms with Crippen molar-refractivity contribution >= 4 is 8.80 Å². The number of rotatable bonds is 25. The second-order valence-electron chi connectivity index (χ2n) is 10.0. The van der Waals surface area contributed by atoms with E-state index < -0.39 is 8.80 Å². The Hall–Kier alpha value is 0.0169. The minimum atomic E-state index is -2.43. The molecule has 0 heterocycles.